The highest BCUT2D eigenvalue weighted by molar-refractivity contribution is 5.96. The number of amides is 2. The summed E-state index contributed by atoms with van der Waals surface area (Å²) in [7, 11) is 0. The van der Waals surface area contributed by atoms with Gasteiger partial charge in [0.25, 0.3) is 5.91 Å². The van der Waals surface area contributed by atoms with Gasteiger partial charge in [0.2, 0.25) is 12.0 Å². The Morgan fingerprint density at radius 1 is 1.42 bits per heavy atom. The molecule has 7 heteroatoms. The normalized spacial score (nSPS) is 23.5. The molecule has 2 unspecified atom stereocenters. The van der Waals surface area contributed by atoms with Crippen molar-refractivity contribution in [3.05, 3.63) is 35.6 Å². The fourth-order valence-corrected chi connectivity index (χ4v) is 3.07. The Morgan fingerprint density at radius 2 is 2.17 bits per heavy atom. The molecule has 0 aliphatic carbocycles. The molecular weight excluding hydrogens is 313 g/mol. The van der Waals surface area contributed by atoms with Crippen molar-refractivity contribution in [1.29, 1.82) is 0 Å². The first-order valence-corrected chi connectivity index (χ1v) is 8.12. The van der Waals surface area contributed by atoms with Gasteiger partial charge in [-0.05, 0) is 24.1 Å². The average molecular weight is 333 g/mol. The van der Waals surface area contributed by atoms with Gasteiger partial charge in [0.05, 0.1) is 5.71 Å². The third kappa shape index (κ3) is 3.39. The zero-order chi connectivity index (χ0) is 17.1. The highest BCUT2D eigenvalue weighted by Crippen LogP contribution is 2.19. The molecule has 1 aromatic rings. The standard InChI is InChI=1S/C17H20FN3O3/c1-2-14-16(22)19-7-8-21(14)17(23)15-10-13(20-24-15)9-11-3-5-12(18)6-4-11/h3-6,14-15H,2,7-10H2,1H3,(H,19,22). The van der Waals surface area contributed by atoms with Crippen LogP contribution in [0.1, 0.15) is 25.3 Å². The molecule has 2 aliphatic heterocycles. The van der Waals surface area contributed by atoms with Crippen LogP contribution in [-0.2, 0) is 20.8 Å². The van der Waals surface area contributed by atoms with Crippen molar-refractivity contribution in [2.45, 2.75) is 38.3 Å². The molecule has 2 aliphatic rings. The zero-order valence-corrected chi connectivity index (χ0v) is 13.5. The third-order valence-electron chi connectivity index (χ3n) is 4.33. The quantitative estimate of drug-likeness (QED) is 0.901. The van der Waals surface area contributed by atoms with Crippen LogP contribution < -0.4 is 5.32 Å². The molecule has 0 spiro atoms. The number of carbonyl (C=O) groups excluding carboxylic acids is 2. The zero-order valence-electron chi connectivity index (χ0n) is 13.5. The van der Waals surface area contributed by atoms with Crippen LogP contribution in [0.5, 0.6) is 0 Å². The number of hydrogen-bond donors (Lipinski definition) is 1. The molecule has 24 heavy (non-hydrogen) atoms. The van der Waals surface area contributed by atoms with Gasteiger partial charge < -0.3 is 15.1 Å². The summed E-state index contributed by atoms with van der Waals surface area (Å²) in [6.07, 6.45) is 0.792. The fourth-order valence-electron chi connectivity index (χ4n) is 3.07. The molecule has 1 N–H and O–H groups in total. The highest BCUT2D eigenvalue weighted by Gasteiger charge is 2.38. The average Bonchev–Trinajstić information content (AvgIpc) is 3.04. The summed E-state index contributed by atoms with van der Waals surface area (Å²) in [4.78, 5) is 31.4. The summed E-state index contributed by atoms with van der Waals surface area (Å²) < 4.78 is 12.9. The summed E-state index contributed by atoms with van der Waals surface area (Å²) in [5.74, 6) is -0.609. The molecular formula is C17H20FN3O3. The fraction of sp³-hybridized carbons (Fsp3) is 0.471. The lowest BCUT2D eigenvalue weighted by Gasteiger charge is -2.35. The molecule has 0 radical (unpaired) electrons. The van der Waals surface area contributed by atoms with Crippen molar-refractivity contribution in [1.82, 2.24) is 10.2 Å². The van der Waals surface area contributed by atoms with Crippen molar-refractivity contribution in [3.63, 3.8) is 0 Å². The van der Waals surface area contributed by atoms with E-state index in [2.05, 4.69) is 10.5 Å². The van der Waals surface area contributed by atoms with Gasteiger partial charge in [-0.15, -0.1) is 0 Å². The molecule has 0 bridgehead atoms. The Hall–Kier alpha value is -2.44. The first-order valence-electron chi connectivity index (χ1n) is 8.12. The first-order chi connectivity index (χ1) is 11.6. The number of rotatable bonds is 4. The van der Waals surface area contributed by atoms with Crippen LogP contribution in [0, 0.1) is 5.82 Å². The van der Waals surface area contributed by atoms with Crippen molar-refractivity contribution < 1.29 is 18.8 Å². The van der Waals surface area contributed by atoms with Crippen LogP contribution in [0.3, 0.4) is 0 Å². The van der Waals surface area contributed by atoms with E-state index in [-0.39, 0.29) is 17.6 Å². The molecule has 2 heterocycles. The molecule has 6 nitrogen and oxygen atoms in total. The monoisotopic (exact) mass is 333 g/mol. The van der Waals surface area contributed by atoms with E-state index in [1.54, 1.807) is 17.0 Å². The molecule has 2 atom stereocenters. The van der Waals surface area contributed by atoms with Crippen LogP contribution in [0.15, 0.2) is 29.4 Å². The van der Waals surface area contributed by atoms with E-state index in [0.717, 1.165) is 11.3 Å². The molecule has 128 valence electrons. The minimum absolute atomic E-state index is 0.123. The number of oxime groups is 1. The van der Waals surface area contributed by atoms with Gasteiger partial charge in [-0.1, -0.05) is 24.2 Å². The summed E-state index contributed by atoms with van der Waals surface area (Å²) in [6, 6.07) is 5.72. The lowest BCUT2D eigenvalue weighted by Crippen LogP contribution is -2.58. The Balaban J connectivity index is 1.60. The highest BCUT2D eigenvalue weighted by atomic mass is 19.1. The number of hydrogen-bond acceptors (Lipinski definition) is 4. The number of halogens is 1. The SMILES string of the molecule is CCC1C(=O)NCCN1C(=O)C1CC(Cc2ccc(F)cc2)=NO1. The Labute approximate surface area is 139 Å². The van der Waals surface area contributed by atoms with E-state index in [0.29, 0.717) is 32.4 Å². The molecule has 1 aromatic carbocycles. The van der Waals surface area contributed by atoms with Crippen molar-refractivity contribution >= 4 is 17.5 Å². The third-order valence-corrected chi connectivity index (χ3v) is 4.33. The number of nitrogens with one attached hydrogen (secondary N) is 1. The number of piperazine rings is 1. The van der Waals surface area contributed by atoms with E-state index < -0.39 is 12.1 Å². The predicted molar refractivity (Wildman–Crippen MR) is 85.8 cm³/mol. The Bertz CT molecular complexity index is 660. The lowest BCUT2D eigenvalue weighted by atomic mass is 10.0. The van der Waals surface area contributed by atoms with Crippen molar-refractivity contribution in [2.24, 2.45) is 5.16 Å². The van der Waals surface area contributed by atoms with Crippen molar-refractivity contribution in [3.8, 4) is 0 Å². The second kappa shape index (κ2) is 6.98. The lowest BCUT2D eigenvalue weighted by molar-refractivity contribution is -0.151. The van der Waals surface area contributed by atoms with E-state index in [9.17, 15) is 14.0 Å². The van der Waals surface area contributed by atoms with Gasteiger partial charge >= 0.3 is 0 Å². The maximum Gasteiger partial charge on any atom is 0.267 e. The molecule has 1 fully saturated rings. The molecule has 2 amide bonds. The number of nitrogens with zero attached hydrogens (tertiary/aromatic N) is 2. The van der Waals surface area contributed by atoms with Crippen LogP contribution >= 0.6 is 0 Å². The first kappa shape index (κ1) is 16.4. The van der Waals surface area contributed by atoms with Crippen LogP contribution in [0.4, 0.5) is 4.39 Å². The van der Waals surface area contributed by atoms with Crippen LogP contribution in [0.2, 0.25) is 0 Å². The minimum atomic E-state index is -0.680. The Morgan fingerprint density at radius 3 is 2.88 bits per heavy atom. The largest absolute Gasteiger partial charge is 0.382 e. The molecule has 0 aromatic heterocycles. The maximum atomic E-state index is 12.9. The topological polar surface area (TPSA) is 71.0 Å². The Kier molecular flexibility index (Phi) is 4.78. The second-order valence-corrected chi connectivity index (χ2v) is 6.01. The summed E-state index contributed by atoms with van der Waals surface area (Å²) in [5, 5.41) is 6.77. The summed E-state index contributed by atoms with van der Waals surface area (Å²) in [5.41, 5.74) is 1.66. The van der Waals surface area contributed by atoms with Gasteiger partial charge in [-0.25, -0.2) is 4.39 Å². The molecule has 0 saturated carbocycles. The summed E-state index contributed by atoms with van der Waals surface area (Å²) >= 11 is 0. The van der Waals surface area contributed by atoms with Gasteiger partial charge in [-0.2, -0.15) is 0 Å². The van der Waals surface area contributed by atoms with E-state index in [4.69, 9.17) is 4.84 Å². The van der Waals surface area contributed by atoms with Crippen molar-refractivity contribution in [2.75, 3.05) is 13.1 Å². The number of benzene rings is 1. The van der Waals surface area contributed by atoms with Crippen LogP contribution in [0.25, 0.3) is 0 Å². The molecule has 1 saturated heterocycles. The van der Waals surface area contributed by atoms with Gasteiger partial charge in [0.15, 0.2) is 0 Å². The van der Waals surface area contributed by atoms with E-state index in [1.165, 1.54) is 12.1 Å². The molecule has 3 rings (SSSR count). The predicted octanol–water partition coefficient (Wildman–Crippen LogP) is 1.25. The van der Waals surface area contributed by atoms with E-state index in [1.807, 2.05) is 6.92 Å². The van der Waals surface area contributed by atoms with Crippen LogP contribution in [-0.4, -0.2) is 47.7 Å². The van der Waals surface area contributed by atoms with Gasteiger partial charge in [0.1, 0.15) is 11.9 Å². The smallest absolute Gasteiger partial charge is 0.267 e. The second-order valence-electron chi connectivity index (χ2n) is 6.01. The van der Waals surface area contributed by atoms with E-state index >= 15 is 0 Å². The number of carbonyl (C=O) groups is 2. The van der Waals surface area contributed by atoms with Gasteiger partial charge in [-0.3, -0.25) is 9.59 Å². The maximum absolute atomic E-state index is 12.9. The van der Waals surface area contributed by atoms with Gasteiger partial charge in [0, 0.05) is 25.9 Å². The summed E-state index contributed by atoms with van der Waals surface area (Å²) in [6.45, 7) is 2.81. The minimum Gasteiger partial charge on any atom is -0.382 e.